The second-order valence-electron chi connectivity index (χ2n) is 9.89. The van der Waals surface area contributed by atoms with E-state index in [1.807, 2.05) is 0 Å². The van der Waals surface area contributed by atoms with E-state index in [0.717, 1.165) is 32.1 Å². The van der Waals surface area contributed by atoms with Crippen molar-refractivity contribution in [1.82, 2.24) is 10.0 Å². The maximum Gasteiger partial charge on any atom is 0.311 e. The van der Waals surface area contributed by atoms with Crippen LogP contribution in [-0.4, -0.2) is 39.0 Å². The van der Waals surface area contributed by atoms with Crippen molar-refractivity contribution in [3.05, 3.63) is 29.3 Å². The summed E-state index contributed by atoms with van der Waals surface area (Å²) in [5, 5.41) is 3.50. The van der Waals surface area contributed by atoms with Crippen molar-refractivity contribution in [2.75, 3.05) is 7.11 Å². The quantitative estimate of drug-likeness (QED) is 0.627. The van der Waals surface area contributed by atoms with Gasteiger partial charge in [-0.25, -0.2) is 8.42 Å². The van der Waals surface area contributed by atoms with Crippen molar-refractivity contribution in [3.63, 3.8) is 0 Å². The molecule has 0 heterocycles. The number of halogens is 1. The van der Waals surface area contributed by atoms with Crippen LogP contribution in [0.5, 0.6) is 0 Å². The van der Waals surface area contributed by atoms with Crippen LogP contribution in [-0.2, 0) is 24.3 Å². The molecular formula is C22H27ClN2O5S. The van der Waals surface area contributed by atoms with Crippen LogP contribution >= 0.6 is 11.6 Å². The predicted octanol–water partition coefficient (Wildman–Crippen LogP) is 2.64. The third-order valence-corrected chi connectivity index (χ3v) is 9.58. The molecule has 0 aromatic heterocycles. The summed E-state index contributed by atoms with van der Waals surface area (Å²) < 4.78 is 33.4. The summed E-state index contributed by atoms with van der Waals surface area (Å²) in [6, 6.07) is 6.00. The van der Waals surface area contributed by atoms with E-state index >= 15 is 0 Å². The molecule has 0 spiro atoms. The number of hydrogen-bond donors (Lipinski definition) is 2. The van der Waals surface area contributed by atoms with E-state index in [1.165, 1.54) is 19.2 Å². The highest BCUT2D eigenvalue weighted by Gasteiger charge is 2.61. The molecule has 168 valence electrons. The van der Waals surface area contributed by atoms with Crippen molar-refractivity contribution < 1.29 is 22.7 Å². The summed E-state index contributed by atoms with van der Waals surface area (Å²) in [6.45, 7) is 0. The van der Waals surface area contributed by atoms with Gasteiger partial charge in [-0.1, -0.05) is 17.7 Å². The Morgan fingerprint density at radius 3 is 2.39 bits per heavy atom. The standard InChI is InChI=1S/C22H27ClN2O5S/c1-30-20(27)21-10-13-7-14(11-21)18(15(8-13)12-21)24-19(26)22(5-6-22)25-31(28,29)17-4-2-3-16(23)9-17/h2-4,9,13-15,18,25H,5-8,10-12H2,1H3,(H,24,26). The van der Waals surface area contributed by atoms with Crippen molar-refractivity contribution in [3.8, 4) is 0 Å². The molecule has 7 nitrogen and oxygen atoms in total. The molecule has 5 aliphatic carbocycles. The zero-order valence-electron chi connectivity index (χ0n) is 17.4. The van der Waals surface area contributed by atoms with Crippen LogP contribution in [0.1, 0.15) is 44.9 Å². The number of nitrogens with one attached hydrogen (secondary N) is 2. The Labute approximate surface area is 187 Å². The van der Waals surface area contributed by atoms with Gasteiger partial charge < -0.3 is 10.1 Å². The summed E-state index contributed by atoms with van der Waals surface area (Å²) in [5.74, 6) is 0.581. The second-order valence-corrected chi connectivity index (χ2v) is 12.0. The summed E-state index contributed by atoms with van der Waals surface area (Å²) in [7, 11) is -2.42. The molecule has 0 aliphatic heterocycles. The van der Waals surface area contributed by atoms with E-state index < -0.39 is 21.0 Å². The fourth-order valence-corrected chi connectivity index (χ4v) is 8.19. The number of carbonyl (C=O) groups is 2. The number of methoxy groups -OCH3 is 1. The Morgan fingerprint density at radius 2 is 1.81 bits per heavy atom. The number of hydrogen-bond acceptors (Lipinski definition) is 5. The summed E-state index contributed by atoms with van der Waals surface area (Å²) in [5.41, 5.74) is -1.51. The highest BCUT2D eigenvalue weighted by molar-refractivity contribution is 7.89. The second kappa shape index (κ2) is 7.18. The van der Waals surface area contributed by atoms with Gasteiger partial charge in [-0.3, -0.25) is 9.59 Å². The van der Waals surface area contributed by atoms with Crippen molar-refractivity contribution in [1.29, 1.82) is 0 Å². The maximum atomic E-state index is 13.2. The third-order valence-electron chi connectivity index (χ3n) is 7.81. The average Bonchev–Trinajstić information content (AvgIpc) is 3.49. The lowest BCUT2D eigenvalue weighted by molar-refractivity contribution is -0.171. The molecule has 9 heteroatoms. The Kier molecular flexibility index (Phi) is 4.92. The van der Waals surface area contributed by atoms with Crippen molar-refractivity contribution >= 4 is 33.5 Å². The van der Waals surface area contributed by atoms with Gasteiger partial charge in [0.05, 0.1) is 17.4 Å². The minimum atomic E-state index is -3.87. The number of rotatable bonds is 6. The Hall–Kier alpha value is -1.64. The smallest absolute Gasteiger partial charge is 0.311 e. The molecule has 0 saturated heterocycles. The Morgan fingerprint density at radius 1 is 1.13 bits per heavy atom. The van der Waals surface area contributed by atoms with E-state index in [0.29, 0.717) is 23.8 Å². The molecule has 1 aromatic rings. The van der Waals surface area contributed by atoms with Crippen LogP contribution in [0.15, 0.2) is 29.2 Å². The van der Waals surface area contributed by atoms with E-state index in [9.17, 15) is 18.0 Å². The molecule has 5 aliphatic rings. The predicted molar refractivity (Wildman–Crippen MR) is 114 cm³/mol. The molecule has 1 aromatic carbocycles. The van der Waals surface area contributed by atoms with Crippen LogP contribution in [0.4, 0.5) is 0 Å². The molecule has 2 N–H and O–H groups in total. The first-order valence-electron chi connectivity index (χ1n) is 10.9. The molecule has 1 amide bonds. The summed E-state index contributed by atoms with van der Waals surface area (Å²) in [4.78, 5) is 25.7. The van der Waals surface area contributed by atoms with Crippen LogP contribution in [0, 0.1) is 23.2 Å². The molecule has 2 unspecified atom stereocenters. The number of amides is 1. The zero-order valence-corrected chi connectivity index (χ0v) is 19.0. The van der Waals surface area contributed by atoms with Gasteiger partial charge in [-0.2, -0.15) is 4.72 Å². The first-order chi connectivity index (χ1) is 14.7. The largest absolute Gasteiger partial charge is 0.469 e. The first-order valence-corrected chi connectivity index (χ1v) is 12.7. The number of ether oxygens (including phenoxy) is 1. The normalized spacial score (nSPS) is 34.9. The molecule has 31 heavy (non-hydrogen) atoms. The Balaban J connectivity index is 1.30. The number of carbonyl (C=O) groups excluding carboxylic acids is 2. The molecule has 2 atom stereocenters. The van der Waals surface area contributed by atoms with Gasteiger partial charge in [0.1, 0.15) is 5.54 Å². The van der Waals surface area contributed by atoms with E-state index in [-0.39, 0.29) is 34.6 Å². The maximum absolute atomic E-state index is 13.2. The topological polar surface area (TPSA) is 102 Å². The lowest BCUT2D eigenvalue weighted by Gasteiger charge is -2.58. The lowest BCUT2D eigenvalue weighted by atomic mass is 9.48. The molecule has 0 radical (unpaired) electrons. The molecule has 5 saturated carbocycles. The molecule has 4 bridgehead atoms. The fraction of sp³-hybridized carbons (Fsp3) is 0.636. The van der Waals surface area contributed by atoms with Crippen molar-refractivity contribution in [2.24, 2.45) is 23.2 Å². The van der Waals surface area contributed by atoms with Gasteiger partial charge in [0.15, 0.2) is 0 Å². The highest BCUT2D eigenvalue weighted by atomic mass is 35.5. The minimum absolute atomic E-state index is 0.0185. The third kappa shape index (κ3) is 3.56. The SMILES string of the molecule is COC(=O)C12CC3CC(C1)C(NC(=O)C1(NS(=O)(=O)c4cccc(Cl)c4)CC1)C(C3)C2. The van der Waals surface area contributed by atoms with Crippen molar-refractivity contribution in [2.45, 2.75) is 61.4 Å². The first kappa shape index (κ1) is 21.2. The fourth-order valence-electron chi connectivity index (χ4n) is 6.47. The summed E-state index contributed by atoms with van der Waals surface area (Å²) in [6.07, 6.45) is 5.29. The van der Waals surface area contributed by atoms with E-state index in [1.54, 1.807) is 12.1 Å². The lowest BCUT2D eigenvalue weighted by Crippen LogP contribution is -2.63. The van der Waals surface area contributed by atoms with Gasteiger partial charge in [-0.15, -0.1) is 0 Å². The van der Waals surface area contributed by atoms with Crippen LogP contribution in [0.3, 0.4) is 0 Å². The summed E-state index contributed by atoms with van der Waals surface area (Å²) >= 11 is 5.94. The Bertz CT molecular complexity index is 1020. The van der Waals surface area contributed by atoms with Crippen LogP contribution in [0.2, 0.25) is 5.02 Å². The molecule has 6 rings (SSSR count). The minimum Gasteiger partial charge on any atom is -0.469 e. The monoisotopic (exact) mass is 466 g/mol. The van der Waals surface area contributed by atoms with Gasteiger partial charge in [-0.05, 0) is 80.9 Å². The number of benzene rings is 1. The average molecular weight is 467 g/mol. The highest BCUT2D eigenvalue weighted by Crippen LogP contribution is 2.60. The molecular weight excluding hydrogens is 440 g/mol. The van der Waals surface area contributed by atoms with E-state index in [4.69, 9.17) is 16.3 Å². The van der Waals surface area contributed by atoms with Crippen LogP contribution in [0.25, 0.3) is 0 Å². The van der Waals surface area contributed by atoms with E-state index in [2.05, 4.69) is 10.0 Å². The number of sulfonamides is 1. The van der Waals surface area contributed by atoms with Gasteiger partial charge in [0.25, 0.3) is 0 Å². The molecule has 5 fully saturated rings. The van der Waals surface area contributed by atoms with Gasteiger partial charge >= 0.3 is 5.97 Å². The van der Waals surface area contributed by atoms with Gasteiger partial charge in [0, 0.05) is 11.1 Å². The van der Waals surface area contributed by atoms with Crippen LogP contribution < -0.4 is 10.0 Å². The zero-order chi connectivity index (χ0) is 22.0. The van der Waals surface area contributed by atoms with Gasteiger partial charge in [0.2, 0.25) is 15.9 Å². The number of esters is 1.